The number of hydrogen-bond donors (Lipinski definition) is 1. The first-order valence-electron chi connectivity index (χ1n) is 7.51. The van der Waals surface area contributed by atoms with Crippen molar-refractivity contribution >= 4 is 5.91 Å². The van der Waals surface area contributed by atoms with Gasteiger partial charge in [-0.1, -0.05) is 30.3 Å². The van der Waals surface area contributed by atoms with Crippen LogP contribution in [0.2, 0.25) is 0 Å². The summed E-state index contributed by atoms with van der Waals surface area (Å²) in [7, 11) is 0. The molecule has 0 aliphatic carbocycles. The van der Waals surface area contributed by atoms with E-state index in [4.69, 9.17) is 15.2 Å². The Bertz CT molecular complexity index is 480. The first-order chi connectivity index (χ1) is 10.2. The Morgan fingerprint density at radius 3 is 2.62 bits per heavy atom. The summed E-state index contributed by atoms with van der Waals surface area (Å²) >= 11 is 0. The summed E-state index contributed by atoms with van der Waals surface area (Å²) < 4.78 is 11.4. The third kappa shape index (κ3) is 3.10. The molecular formula is C16H22N2O3. The molecule has 2 fully saturated rings. The highest BCUT2D eigenvalue weighted by molar-refractivity contribution is 5.83. The molecule has 2 aliphatic rings. The standard InChI is InChI=1S/C16H22N2O3/c17-14(13-4-2-1-3-5-13)15(19)18-8-11-21-16(12-18)6-9-20-10-7-16/h1-5,14H,6-12,17H2. The fraction of sp³-hybridized carbons (Fsp3) is 0.562. The quantitative estimate of drug-likeness (QED) is 0.885. The Morgan fingerprint density at radius 1 is 1.19 bits per heavy atom. The van der Waals surface area contributed by atoms with Crippen LogP contribution in [0.3, 0.4) is 0 Å². The Balaban J connectivity index is 1.69. The van der Waals surface area contributed by atoms with Crippen molar-refractivity contribution in [3.63, 3.8) is 0 Å². The maximum atomic E-state index is 12.6. The second kappa shape index (κ2) is 6.13. The van der Waals surface area contributed by atoms with Crippen molar-refractivity contribution in [1.29, 1.82) is 0 Å². The molecule has 2 heterocycles. The van der Waals surface area contributed by atoms with Crippen molar-refractivity contribution in [2.75, 3.05) is 32.9 Å². The summed E-state index contributed by atoms with van der Waals surface area (Å²) in [6, 6.07) is 8.93. The molecule has 1 atom stereocenters. The van der Waals surface area contributed by atoms with Crippen LogP contribution in [0.5, 0.6) is 0 Å². The minimum absolute atomic E-state index is 0.0182. The number of rotatable bonds is 2. The van der Waals surface area contributed by atoms with Gasteiger partial charge in [-0.25, -0.2) is 0 Å². The molecule has 5 nitrogen and oxygen atoms in total. The smallest absolute Gasteiger partial charge is 0.244 e. The Labute approximate surface area is 125 Å². The Kier molecular flexibility index (Phi) is 4.24. The summed E-state index contributed by atoms with van der Waals surface area (Å²) in [6.07, 6.45) is 1.69. The highest BCUT2D eigenvalue weighted by Gasteiger charge is 2.40. The van der Waals surface area contributed by atoms with E-state index < -0.39 is 6.04 Å². The van der Waals surface area contributed by atoms with Gasteiger partial charge in [0.25, 0.3) is 0 Å². The van der Waals surface area contributed by atoms with Crippen LogP contribution in [0.4, 0.5) is 0 Å². The molecule has 0 bridgehead atoms. The largest absolute Gasteiger partial charge is 0.381 e. The Hall–Kier alpha value is -1.43. The van der Waals surface area contributed by atoms with Gasteiger partial charge in [0.15, 0.2) is 0 Å². The number of amides is 1. The molecule has 1 amide bonds. The number of carbonyl (C=O) groups is 1. The predicted molar refractivity (Wildman–Crippen MR) is 78.7 cm³/mol. The lowest BCUT2D eigenvalue weighted by Crippen LogP contribution is -2.57. The van der Waals surface area contributed by atoms with Gasteiger partial charge in [-0.3, -0.25) is 4.79 Å². The van der Waals surface area contributed by atoms with Gasteiger partial charge in [-0.2, -0.15) is 0 Å². The average molecular weight is 290 g/mol. The van der Waals surface area contributed by atoms with Crippen molar-refractivity contribution in [2.45, 2.75) is 24.5 Å². The fourth-order valence-corrected chi connectivity index (χ4v) is 3.08. The van der Waals surface area contributed by atoms with Crippen LogP contribution in [-0.2, 0) is 14.3 Å². The van der Waals surface area contributed by atoms with Crippen molar-refractivity contribution in [3.05, 3.63) is 35.9 Å². The van der Waals surface area contributed by atoms with E-state index in [0.29, 0.717) is 32.9 Å². The van der Waals surface area contributed by atoms with Gasteiger partial charge < -0.3 is 20.1 Å². The summed E-state index contributed by atoms with van der Waals surface area (Å²) in [6.45, 7) is 3.21. The predicted octanol–water partition coefficient (Wildman–Crippen LogP) is 1.09. The van der Waals surface area contributed by atoms with Crippen LogP contribution in [-0.4, -0.2) is 49.3 Å². The van der Waals surface area contributed by atoms with Gasteiger partial charge in [-0.15, -0.1) is 0 Å². The average Bonchev–Trinajstić information content (AvgIpc) is 2.55. The molecular weight excluding hydrogens is 268 g/mol. The number of nitrogens with zero attached hydrogens (tertiary/aromatic N) is 1. The van der Waals surface area contributed by atoms with Crippen LogP contribution in [0, 0.1) is 0 Å². The van der Waals surface area contributed by atoms with Gasteiger partial charge >= 0.3 is 0 Å². The van der Waals surface area contributed by atoms with E-state index in [1.807, 2.05) is 35.2 Å². The lowest BCUT2D eigenvalue weighted by molar-refractivity contribution is -0.168. The van der Waals surface area contributed by atoms with Gasteiger partial charge in [0.1, 0.15) is 6.04 Å². The lowest BCUT2D eigenvalue weighted by Gasteiger charge is -2.45. The molecule has 21 heavy (non-hydrogen) atoms. The topological polar surface area (TPSA) is 64.8 Å². The number of morpholine rings is 1. The number of ether oxygens (including phenoxy) is 2. The number of benzene rings is 1. The second-order valence-electron chi connectivity index (χ2n) is 5.79. The van der Waals surface area contributed by atoms with E-state index in [0.717, 1.165) is 18.4 Å². The summed E-state index contributed by atoms with van der Waals surface area (Å²) in [5.41, 5.74) is 6.75. The summed E-state index contributed by atoms with van der Waals surface area (Å²) in [5.74, 6) is -0.0182. The van der Waals surface area contributed by atoms with E-state index in [2.05, 4.69) is 0 Å². The zero-order valence-corrected chi connectivity index (χ0v) is 12.2. The molecule has 3 rings (SSSR count). The third-order valence-electron chi connectivity index (χ3n) is 4.39. The number of hydrogen-bond acceptors (Lipinski definition) is 4. The minimum atomic E-state index is -0.596. The van der Waals surface area contributed by atoms with Crippen LogP contribution in [0.15, 0.2) is 30.3 Å². The first kappa shape index (κ1) is 14.5. The molecule has 0 aromatic heterocycles. The van der Waals surface area contributed by atoms with Gasteiger partial charge in [0.2, 0.25) is 5.91 Å². The molecule has 1 aromatic carbocycles. The van der Waals surface area contributed by atoms with Crippen LogP contribution >= 0.6 is 0 Å². The molecule has 1 unspecified atom stereocenters. The third-order valence-corrected chi connectivity index (χ3v) is 4.39. The van der Waals surface area contributed by atoms with Crippen LogP contribution < -0.4 is 5.73 Å². The van der Waals surface area contributed by atoms with Gasteiger partial charge in [0.05, 0.1) is 12.2 Å². The molecule has 2 saturated heterocycles. The molecule has 1 aromatic rings. The lowest BCUT2D eigenvalue weighted by atomic mass is 9.91. The summed E-state index contributed by atoms with van der Waals surface area (Å²) in [5, 5.41) is 0. The molecule has 0 saturated carbocycles. The van der Waals surface area contributed by atoms with Crippen molar-refractivity contribution in [2.24, 2.45) is 5.73 Å². The van der Waals surface area contributed by atoms with Crippen molar-refractivity contribution in [3.8, 4) is 0 Å². The Morgan fingerprint density at radius 2 is 1.90 bits per heavy atom. The van der Waals surface area contributed by atoms with Crippen LogP contribution in [0.25, 0.3) is 0 Å². The normalized spacial score (nSPS) is 23.0. The van der Waals surface area contributed by atoms with Crippen molar-refractivity contribution < 1.29 is 14.3 Å². The van der Waals surface area contributed by atoms with E-state index in [9.17, 15) is 4.79 Å². The SMILES string of the molecule is NC(C(=O)N1CCOC2(CCOCC2)C1)c1ccccc1. The van der Waals surface area contributed by atoms with E-state index in [1.165, 1.54) is 0 Å². The molecule has 5 heteroatoms. The van der Waals surface area contributed by atoms with Crippen molar-refractivity contribution in [1.82, 2.24) is 4.90 Å². The molecule has 1 spiro atoms. The molecule has 0 radical (unpaired) electrons. The molecule has 114 valence electrons. The monoisotopic (exact) mass is 290 g/mol. The second-order valence-corrected chi connectivity index (χ2v) is 5.79. The first-order valence-corrected chi connectivity index (χ1v) is 7.51. The maximum absolute atomic E-state index is 12.6. The summed E-state index contributed by atoms with van der Waals surface area (Å²) in [4.78, 5) is 14.5. The number of nitrogens with two attached hydrogens (primary N) is 1. The fourth-order valence-electron chi connectivity index (χ4n) is 3.08. The van der Waals surface area contributed by atoms with E-state index >= 15 is 0 Å². The van der Waals surface area contributed by atoms with E-state index in [-0.39, 0.29) is 11.5 Å². The maximum Gasteiger partial charge on any atom is 0.244 e. The van der Waals surface area contributed by atoms with Gasteiger partial charge in [-0.05, 0) is 5.56 Å². The van der Waals surface area contributed by atoms with Crippen LogP contribution in [0.1, 0.15) is 24.4 Å². The zero-order valence-electron chi connectivity index (χ0n) is 12.2. The minimum Gasteiger partial charge on any atom is -0.381 e. The molecule has 2 aliphatic heterocycles. The zero-order chi connectivity index (χ0) is 14.7. The highest BCUT2D eigenvalue weighted by Crippen LogP contribution is 2.30. The molecule has 2 N–H and O–H groups in total. The van der Waals surface area contributed by atoms with Gasteiger partial charge in [0, 0.05) is 39.1 Å². The highest BCUT2D eigenvalue weighted by atomic mass is 16.5. The number of carbonyl (C=O) groups excluding carboxylic acids is 1. The van der Waals surface area contributed by atoms with E-state index in [1.54, 1.807) is 0 Å².